The molecule has 2 aliphatic carbocycles. The predicted molar refractivity (Wildman–Crippen MR) is 114 cm³/mol. The van der Waals surface area contributed by atoms with Gasteiger partial charge in [0.2, 0.25) is 5.43 Å². The minimum Gasteiger partial charge on any atom is -0.503 e. The molecule has 2 bridgehead atoms. The number of fused-ring (bicyclic) bond motifs is 8. The highest BCUT2D eigenvalue weighted by Crippen LogP contribution is 2.62. The standard InChI is InChI=1S/C24H20F5N3O5/c1-8-16-13-5-14(17(8)16)37-15-7-31-6-11(19(33)20(34)18(31)23(36)32(13)15)22(35)30-21(24(27,28)29)10-3-2-9(25)4-12(10)26/h2-4,6,8,13-17,21,34H,5,7H2,1H3,(H,30,35)/t8?,13-,14?,15+,16?,17?,21?/m1/s1. The zero-order valence-corrected chi connectivity index (χ0v) is 19.1. The molecule has 2 aromatic rings. The van der Waals surface area contributed by atoms with Gasteiger partial charge in [0.1, 0.15) is 17.2 Å². The maximum Gasteiger partial charge on any atom is 0.412 e. The maximum atomic E-state index is 14.1. The molecule has 1 saturated heterocycles. The molecule has 2 aliphatic heterocycles. The summed E-state index contributed by atoms with van der Waals surface area (Å²) in [7, 11) is 0. The van der Waals surface area contributed by atoms with E-state index in [1.165, 1.54) is 4.90 Å². The van der Waals surface area contributed by atoms with Crippen molar-refractivity contribution in [3.63, 3.8) is 0 Å². The van der Waals surface area contributed by atoms with Crippen LogP contribution in [0.1, 0.15) is 45.8 Å². The molecule has 2 amide bonds. The van der Waals surface area contributed by atoms with E-state index < -0.39 is 64.2 Å². The number of nitrogens with zero attached hydrogens (tertiary/aromatic N) is 2. The van der Waals surface area contributed by atoms with Crippen LogP contribution < -0.4 is 10.7 Å². The summed E-state index contributed by atoms with van der Waals surface area (Å²) in [5.74, 6) is -5.01. The lowest BCUT2D eigenvalue weighted by Gasteiger charge is -2.46. The Balaban J connectivity index is 1.34. The van der Waals surface area contributed by atoms with E-state index in [0.29, 0.717) is 30.4 Å². The number of nitrogens with one attached hydrogen (secondary N) is 1. The Labute approximate surface area is 205 Å². The largest absolute Gasteiger partial charge is 0.503 e. The van der Waals surface area contributed by atoms with Crippen LogP contribution in [0.4, 0.5) is 22.0 Å². The fourth-order valence-electron chi connectivity index (χ4n) is 6.36. The van der Waals surface area contributed by atoms with Crippen molar-refractivity contribution in [2.24, 2.45) is 17.8 Å². The molecule has 37 heavy (non-hydrogen) atoms. The number of aromatic hydroxyl groups is 1. The van der Waals surface area contributed by atoms with Gasteiger partial charge < -0.3 is 24.6 Å². The second kappa shape index (κ2) is 7.76. The summed E-state index contributed by atoms with van der Waals surface area (Å²) in [4.78, 5) is 40.5. The number of hydrogen-bond acceptors (Lipinski definition) is 5. The van der Waals surface area contributed by atoms with Gasteiger partial charge in [-0.15, -0.1) is 0 Å². The first kappa shape index (κ1) is 23.9. The number of benzene rings is 1. The number of aromatic nitrogens is 1. The minimum atomic E-state index is -5.20. The van der Waals surface area contributed by atoms with Gasteiger partial charge in [-0.1, -0.05) is 13.0 Å². The lowest BCUT2D eigenvalue weighted by molar-refractivity contribution is -0.155. The molecule has 0 radical (unpaired) electrons. The molecule has 8 nitrogen and oxygen atoms in total. The number of rotatable bonds is 3. The molecule has 13 heteroatoms. The second-order valence-corrected chi connectivity index (χ2v) is 9.99. The van der Waals surface area contributed by atoms with Gasteiger partial charge in [-0.25, -0.2) is 8.78 Å². The molecule has 3 heterocycles. The molecular formula is C24H20F5N3O5. The van der Waals surface area contributed by atoms with Crippen LogP contribution in [-0.2, 0) is 11.3 Å². The molecule has 2 saturated carbocycles. The van der Waals surface area contributed by atoms with E-state index in [0.717, 1.165) is 10.8 Å². The van der Waals surface area contributed by atoms with E-state index >= 15 is 0 Å². The molecule has 5 unspecified atom stereocenters. The Hall–Kier alpha value is -3.48. The van der Waals surface area contributed by atoms with E-state index in [4.69, 9.17) is 4.74 Å². The normalized spacial score (nSPS) is 30.3. The quantitative estimate of drug-likeness (QED) is 0.601. The summed E-state index contributed by atoms with van der Waals surface area (Å²) in [6.45, 7) is 2.02. The van der Waals surface area contributed by atoms with E-state index in [9.17, 15) is 41.4 Å². The Kier molecular flexibility index (Phi) is 5.01. The van der Waals surface area contributed by atoms with Crippen molar-refractivity contribution in [2.75, 3.05) is 0 Å². The van der Waals surface area contributed by atoms with Gasteiger partial charge in [0.15, 0.2) is 23.7 Å². The Morgan fingerprint density at radius 1 is 1.22 bits per heavy atom. The van der Waals surface area contributed by atoms with Crippen molar-refractivity contribution in [3.05, 3.63) is 63.1 Å². The Bertz CT molecular complexity index is 1410. The third kappa shape index (κ3) is 3.46. The van der Waals surface area contributed by atoms with Crippen LogP contribution in [-0.4, -0.2) is 50.9 Å². The number of pyridine rings is 1. The molecule has 196 valence electrons. The van der Waals surface area contributed by atoms with Gasteiger partial charge in [0, 0.05) is 23.9 Å². The highest BCUT2D eigenvalue weighted by molar-refractivity contribution is 5.99. The number of halogens is 5. The smallest absolute Gasteiger partial charge is 0.412 e. The van der Waals surface area contributed by atoms with Crippen LogP contribution in [0.2, 0.25) is 0 Å². The highest BCUT2D eigenvalue weighted by Gasteiger charge is 2.67. The van der Waals surface area contributed by atoms with Gasteiger partial charge in [0.05, 0.1) is 12.6 Å². The molecule has 1 aromatic heterocycles. The first-order chi connectivity index (χ1) is 17.4. The minimum absolute atomic E-state index is 0.0468. The fraction of sp³-hybridized carbons (Fsp3) is 0.458. The third-order valence-corrected chi connectivity index (χ3v) is 8.03. The SMILES string of the molecule is CC1C2C3C[C@H](C12)N1C(=O)c2c(O)c(=O)c(C(=O)NC(c4ccc(F)cc4F)C(F)(F)F)cn2C[C@@H]1O3. The maximum absolute atomic E-state index is 14.1. The van der Waals surface area contributed by atoms with Crippen molar-refractivity contribution < 1.29 is 41.4 Å². The number of ether oxygens (including phenoxy) is 1. The molecule has 0 spiro atoms. The van der Waals surface area contributed by atoms with Crippen LogP contribution in [0.3, 0.4) is 0 Å². The van der Waals surface area contributed by atoms with Gasteiger partial charge in [0.25, 0.3) is 11.8 Å². The van der Waals surface area contributed by atoms with Crippen molar-refractivity contribution in [3.8, 4) is 5.75 Å². The first-order valence-corrected chi connectivity index (χ1v) is 11.7. The molecule has 2 N–H and O–H groups in total. The number of carbonyl (C=O) groups excluding carboxylic acids is 2. The number of amides is 2. The molecule has 7 atom stereocenters. The van der Waals surface area contributed by atoms with Gasteiger partial charge in [-0.3, -0.25) is 14.4 Å². The molecule has 1 aromatic carbocycles. The number of hydrogen-bond donors (Lipinski definition) is 2. The first-order valence-electron chi connectivity index (χ1n) is 11.7. The molecule has 6 rings (SSSR count). The van der Waals surface area contributed by atoms with Gasteiger partial charge in [-0.05, 0) is 30.2 Å². The number of alkyl halides is 3. The van der Waals surface area contributed by atoms with E-state index in [1.54, 1.807) is 5.32 Å². The number of carbonyl (C=O) groups is 2. The van der Waals surface area contributed by atoms with Crippen LogP contribution in [0.15, 0.2) is 29.2 Å². The lowest BCUT2D eigenvalue weighted by atomic mass is 10.00. The van der Waals surface area contributed by atoms with Crippen molar-refractivity contribution >= 4 is 11.8 Å². The van der Waals surface area contributed by atoms with Crippen LogP contribution in [0, 0.1) is 29.4 Å². The summed E-state index contributed by atoms with van der Waals surface area (Å²) in [5.41, 5.74) is -3.67. The predicted octanol–water partition coefficient (Wildman–Crippen LogP) is 2.70. The van der Waals surface area contributed by atoms with Crippen LogP contribution in [0.25, 0.3) is 0 Å². The monoisotopic (exact) mass is 525 g/mol. The zero-order valence-electron chi connectivity index (χ0n) is 19.1. The molecular weight excluding hydrogens is 505 g/mol. The van der Waals surface area contributed by atoms with Crippen LogP contribution in [0.5, 0.6) is 5.75 Å². The van der Waals surface area contributed by atoms with Gasteiger partial charge >= 0.3 is 6.18 Å². The average Bonchev–Trinajstić information content (AvgIpc) is 3.38. The molecule has 4 aliphatic rings. The fourth-order valence-corrected chi connectivity index (χ4v) is 6.36. The lowest BCUT2D eigenvalue weighted by Crippen LogP contribution is -2.58. The van der Waals surface area contributed by atoms with Crippen molar-refractivity contribution in [1.29, 1.82) is 0 Å². The Morgan fingerprint density at radius 3 is 2.62 bits per heavy atom. The Morgan fingerprint density at radius 2 is 1.95 bits per heavy atom. The average molecular weight is 525 g/mol. The summed E-state index contributed by atoms with van der Waals surface area (Å²) in [6.07, 6.45) is -4.44. The summed E-state index contributed by atoms with van der Waals surface area (Å²) < 4.78 is 75.7. The van der Waals surface area contributed by atoms with Gasteiger partial charge in [-0.2, -0.15) is 13.2 Å². The van der Waals surface area contributed by atoms with Crippen molar-refractivity contribution in [1.82, 2.24) is 14.8 Å². The second-order valence-electron chi connectivity index (χ2n) is 9.99. The topological polar surface area (TPSA) is 101 Å². The summed E-state index contributed by atoms with van der Waals surface area (Å²) in [5, 5.41) is 12.1. The van der Waals surface area contributed by atoms with E-state index in [-0.39, 0.29) is 36.4 Å². The third-order valence-electron chi connectivity index (χ3n) is 8.03. The van der Waals surface area contributed by atoms with Crippen molar-refractivity contribution in [2.45, 2.75) is 50.5 Å². The summed E-state index contributed by atoms with van der Waals surface area (Å²) >= 11 is 0. The molecule has 3 fully saturated rings. The van der Waals surface area contributed by atoms with Crippen LogP contribution >= 0.6 is 0 Å². The summed E-state index contributed by atoms with van der Waals surface area (Å²) in [6, 6.07) is -1.65. The van der Waals surface area contributed by atoms with E-state index in [1.807, 2.05) is 0 Å². The zero-order chi connectivity index (χ0) is 26.5. The highest BCUT2D eigenvalue weighted by atomic mass is 19.4. The van der Waals surface area contributed by atoms with E-state index in [2.05, 4.69) is 6.92 Å².